The van der Waals surface area contributed by atoms with Crippen molar-refractivity contribution in [2.75, 3.05) is 60.2 Å². The molecule has 0 aliphatic heterocycles. The number of carboxylic acids is 1. The van der Waals surface area contributed by atoms with E-state index in [4.69, 9.17) is 14.6 Å². The summed E-state index contributed by atoms with van der Waals surface area (Å²) in [7, 11) is 2.71. The summed E-state index contributed by atoms with van der Waals surface area (Å²) in [5.41, 5.74) is 0. The molecule has 0 fully saturated rings. The Kier molecular flexibility index (Phi) is 22.3. The number of unbranched alkanes of at least 4 members (excludes halogenated alkanes) is 1. The minimum atomic E-state index is -1.16. The average molecular weight is 602 g/mol. The van der Waals surface area contributed by atoms with Gasteiger partial charge in [0.2, 0.25) is 29.5 Å². The molecule has 16 nitrogen and oxygen atoms in total. The molecule has 16 heteroatoms. The Balaban J connectivity index is 4.64. The predicted molar refractivity (Wildman–Crippen MR) is 148 cm³/mol. The maximum absolute atomic E-state index is 12.7. The van der Waals surface area contributed by atoms with Crippen LogP contribution in [0.5, 0.6) is 0 Å². The van der Waals surface area contributed by atoms with Gasteiger partial charge < -0.3 is 45.9 Å². The quantitative estimate of drug-likeness (QED) is 0.0408. The number of carbonyl (C=O) groups is 7. The number of amides is 5. The molecule has 5 amide bonds. The van der Waals surface area contributed by atoms with E-state index in [0.717, 1.165) is 12.2 Å². The van der Waals surface area contributed by atoms with Crippen molar-refractivity contribution in [2.45, 2.75) is 51.0 Å². The lowest BCUT2D eigenvalue weighted by Crippen LogP contribution is -2.47. The number of methoxy groups -OCH3 is 2. The number of aliphatic carboxylic acids is 1. The van der Waals surface area contributed by atoms with E-state index in [1.165, 1.54) is 14.2 Å². The van der Waals surface area contributed by atoms with Crippen molar-refractivity contribution in [1.29, 1.82) is 0 Å². The molecule has 0 bridgehead atoms. The maximum atomic E-state index is 12.7. The highest BCUT2D eigenvalue weighted by molar-refractivity contribution is 5.94. The van der Waals surface area contributed by atoms with E-state index in [9.17, 15) is 33.6 Å². The fourth-order valence-electron chi connectivity index (χ4n) is 3.17. The number of nitrogens with one attached hydrogen (secondary N) is 5. The lowest BCUT2D eigenvalue weighted by Gasteiger charge is -2.19. The van der Waals surface area contributed by atoms with Gasteiger partial charge in [-0.15, -0.1) is 0 Å². The summed E-state index contributed by atoms with van der Waals surface area (Å²) in [5, 5.41) is 21.4. The van der Waals surface area contributed by atoms with E-state index in [0.29, 0.717) is 32.6 Å². The molecular formula is C26H43N5O11. The highest BCUT2D eigenvalue weighted by Crippen LogP contribution is 2.03. The lowest BCUT2D eigenvalue weighted by molar-refractivity contribution is -0.138. The van der Waals surface area contributed by atoms with Crippen LogP contribution in [0, 0.1) is 0 Å². The SMILES string of the molecule is COCCOCC(=O)NCCCC[C@H](NC(=O)CCCNC(=O)/C=C/C(=O)OC)C(=O)NCCCC(=O)NCC(=O)O. The van der Waals surface area contributed by atoms with Gasteiger partial charge >= 0.3 is 11.9 Å². The van der Waals surface area contributed by atoms with Crippen LogP contribution >= 0.6 is 0 Å². The maximum Gasteiger partial charge on any atom is 0.330 e. The van der Waals surface area contributed by atoms with Crippen LogP contribution in [0.2, 0.25) is 0 Å². The van der Waals surface area contributed by atoms with Crippen molar-refractivity contribution in [3.8, 4) is 0 Å². The summed E-state index contributed by atoms with van der Waals surface area (Å²) in [6.07, 6.45) is 3.89. The largest absolute Gasteiger partial charge is 0.480 e. The minimum absolute atomic E-state index is 0.0139. The number of rotatable bonds is 24. The molecule has 0 aromatic heterocycles. The standard InChI is InChI=1S/C26H43N5O11/c1-40-15-16-42-18-23(35)28-12-4-3-7-19(26(39)29-14-5-8-20(32)30-17-24(36)37)31-22(34)9-6-13-27-21(33)10-11-25(38)41-2/h10-11,19H,3-9,12-18H2,1-2H3,(H,27,33)(H,28,35)(H,29,39)(H,30,32)(H,31,34)(H,36,37)/b11-10+/t19-/m0/s1. The molecule has 238 valence electrons. The molecule has 1 atom stereocenters. The molecule has 0 aromatic rings. The molecule has 0 aliphatic rings. The fraction of sp³-hybridized carbons (Fsp3) is 0.654. The predicted octanol–water partition coefficient (Wildman–Crippen LogP) is -1.86. The van der Waals surface area contributed by atoms with Crippen LogP contribution < -0.4 is 26.6 Å². The zero-order valence-corrected chi connectivity index (χ0v) is 24.2. The van der Waals surface area contributed by atoms with E-state index in [-0.39, 0.29) is 57.7 Å². The number of esters is 1. The van der Waals surface area contributed by atoms with Crippen molar-refractivity contribution in [1.82, 2.24) is 26.6 Å². The Morgan fingerprint density at radius 2 is 1.40 bits per heavy atom. The second-order valence-corrected chi connectivity index (χ2v) is 8.83. The summed E-state index contributed by atoms with van der Waals surface area (Å²) >= 11 is 0. The van der Waals surface area contributed by atoms with Gasteiger partial charge in [-0.3, -0.25) is 28.8 Å². The van der Waals surface area contributed by atoms with Crippen LogP contribution in [0.25, 0.3) is 0 Å². The van der Waals surface area contributed by atoms with Gasteiger partial charge in [-0.2, -0.15) is 0 Å². The fourth-order valence-corrected chi connectivity index (χ4v) is 3.17. The first kappa shape index (κ1) is 38.0. The highest BCUT2D eigenvalue weighted by atomic mass is 16.5. The molecule has 0 rings (SSSR count). The van der Waals surface area contributed by atoms with Crippen LogP contribution in [0.15, 0.2) is 12.2 Å². The molecule has 0 radical (unpaired) electrons. The van der Waals surface area contributed by atoms with Gasteiger partial charge in [0.25, 0.3) is 0 Å². The van der Waals surface area contributed by atoms with Gasteiger partial charge in [0, 0.05) is 51.7 Å². The van der Waals surface area contributed by atoms with Crippen LogP contribution in [0.4, 0.5) is 0 Å². The second kappa shape index (κ2) is 24.7. The second-order valence-electron chi connectivity index (χ2n) is 8.83. The first-order valence-corrected chi connectivity index (χ1v) is 13.5. The number of ether oxygens (including phenoxy) is 3. The normalized spacial score (nSPS) is 11.3. The average Bonchev–Trinajstić information content (AvgIpc) is 2.96. The molecule has 6 N–H and O–H groups in total. The third-order valence-electron chi connectivity index (χ3n) is 5.33. The zero-order chi connectivity index (χ0) is 31.6. The molecule has 0 aromatic carbocycles. The summed E-state index contributed by atoms with van der Waals surface area (Å²) in [6.45, 7) is 0.735. The summed E-state index contributed by atoms with van der Waals surface area (Å²) in [4.78, 5) is 81.8. The summed E-state index contributed by atoms with van der Waals surface area (Å²) in [5.74, 6) is -3.98. The van der Waals surface area contributed by atoms with Gasteiger partial charge in [0.05, 0.1) is 20.3 Å². The molecule has 42 heavy (non-hydrogen) atoms. The molecule has 0 aliphatic carbocycles. The Bertz CT molecular complexity index is 911. The third-order valence-corrected chi connectivity index (χ3v) is 5.33. The molecule has 0 unspecified atom stereocenters. The monoisotopic (exact) mass is 601 g/mol. The lowest BCUT2D eigenvalue weighted by atomic mass is 10.1. The van der Waals surface area contributed by atoms with Gasteiger partial charge in [-0.25, -0.2) is 4.79 Å². The number of hydrogen-bond acceptors (Lipinski definition) is 10. The van der Waals surface area contributed by atoms with Gasteiger partial charge in [-0.1, -0.05) is 0 Å². The van der Waals surface area contributed by atoms with Crippen molar-refractivity contribution < 1.29 is 52.9 Å². The van der Waals surface area contributed by atoms with E-state index in [1.54, 1.807) is 0 Å². The first-order valence-electron chi connectivity index (χ1n) is 13.5. The smallest absolute Gasteiger partial charge is 0.330 e. The van der Waals surface area contributed by atoms with Crippen LogP contribution in [-0.2, 0) is 47.8 Å². The van der Waals surface area contributed by atoms with Crippen LogP contribution in [0.1, 0.15) is 44.9 Å². The van der Waals surface area contributed by atoms with Gasteiger partial charge in [0.15, 0.2) is 0 Å². The van der Waals surface area contributed by atoms with Crippen molar-refractivity contribution in [2.24, 2.45) is 0 Å². The molecule has 0 spiro atoms. The molecular weight excluding hydrogens is 558 g/mol. The zero-order valence-electron chi connectivity index (χ0n) is 24.2. The van der Waals surface area contributed by atoms with Crippen LogP contribution in [-0.4, -0.2) is 113 Å². The Morgan fingerprint density at radius 1 is 0.738 bits per heavy atom. The number of carboxylic acid groups (broad SMARTS) is 1. The van der Waals surface area contributed by atoms with Crippen molar-refractivity contribution >= 4 is 41.5 Å². The van der Waals surface area contributed by atoms with Gasteiger partial charge in [0.1, 0.15) is 19.2 Å². The summed E-state index contributed by atoms with van der Waals surface area (Å²) < 4.78 is 14.4. The van der Waals surface area contributed by atoms with Gasteiger partial charge in [-0.05, 0) is 32.1 Å². The third kappa shape index (κ3) is 22.7. The molecule has 0 heterocycles. The van der Waals surface area contributed by atoms with Crippen molar-refractivity contribution in [3.63, 3.8) is 0 Å². The molecule has 0 saturated carbocycles. The highest BCUT2D eigenvalue weighted by Gasteiger charge is 2.20. The topological polar surface area (TPSA) is 228 Å². The first-order chi connectivity index (χ1) is 20.1. The van der Waals surface area contributed by atoms with Crippen LogP contribution in [0.3, 0.4) is 0 Å². The Hall–Kier alpha value is -4.05. The Labute approximate surface area is 244 Å². The van der Waals surface area contributed by atoms with E-state index in [1.807, 2.05) is 0 Å². The van der Waals surface area contributed by atoms with E-state index >= 15 is 0 Å². The van der Waals surface area contributed by atoms with E-state index in [2.05, 4.69) is 31.3 Å². The van der Waals surface area contributed by atoms with E-state index < -0.39 is 48.2 Å². The number of carbonyl (C=O) groups excluding carboxylic acids is 6. The molecule has 0 saturated heterocycles. The summed E-state index contributed by atoms with van der Waals surface area (Å²) in [6, 6.07) is -0.871. The number of hydrogen-bond donors (Lipinski definition) is 6. The Morgan fingerprint density at radius 3 is 2.07 bits per heavy atom. The minimum Gasteiger partial charge on any atom is -0.480 e. The van der Waals surface area contributed by atoms with Crippen molar-refractivity contribution in [3.05, 3.63) is 12.2 Å².